The third-order valence-electron chi connectivity index (χ3n) is 3.67. The monoisotopic (exact) mass is 510 g/mol. The maximum absolute atomic E-state index is 13.2. The number of aromatic nitrogens is 4. The first-order chi connectivity index (χ1) is 12.7. The van der Waals surface area contributed by atoms with E-state index in [-0.39, 0.29) is 11.6 Å². The number of nitrogens with zero attached hydrogens (tertiary/aromatic N) is 4. The summed E-state index contributed by atoms with van der Waals surface area (Å²) in [6.07, 6.45) is -4.59. The van der Waals surface area contributed by atoms with Crippen LogP contribution in [-0.4, -0.2) is 19.8 Å². The summed E-state index contributed by atoms with van der Waals surface area (Å²) in [4.78, 5) is 12.1. The number of ether oxygens (including phenoxy) is 1. The van der Waals surface area contributed by atoms with Crippen molar-refractivity contribution in [2.75, 3.05) is 0 Å². The van der Waals surface area contributed by atoms with Crippen LogP contribution in [0.2, 0.25) is 5.02 Å². The number of rotatable bonds is 4. The predicted molar refractivity (Wildman–Crippen MR) is 100 cm³/mol. The zero-order valence-electron chi connectivity index (χ0n) is 13.7. The number of aryl methyl sites for hydroxylation is 1. The molecule has 3 aromatic rings. The van der Waals surface area contributed by atoms with Crippen molar-refractivity contribution in [2.45, 2.75) is 12.8 Å². The van der Waals surface area contributed by atoms with Gasteiger partial charge in [0.2, 0.25) is 0 Å². The predicted octanol–water partition coefficient (Wildman–Crippen LogP) is 3.82. The van der Waals surface area contributed by atoms with Gasteiger partial charge >= 0.3 is 11.9 Å². The molecular weight excluding hydrogens is 500 g/mol. The van der Waals surface area contributed by atoms with Crippen LogP contribution in [0.15, 0.2) is 41.2 Å². The van der Waals surface area contributed by atoms with Crippen LogP contribution < -0.4 is 10.4 Å². The lowest BCUT2D eigenvalue weighted by molar-refractivity contribution is -0.139. The Morgan fingerprint density at radius 3 is 2.59 bits per heavy atom. The molecule has 0 unspecified atom stereocenters. The maximum atomic E-state index is 13.2. The van der Waals surface area contributed by atoms with Gasteiger partial charge < -0.3 is 4.74 Å². The number of hydrogen-bond acceptors (Lipinski definition) is 4. The molecule has 0 bridgehead atoms. The Labute approximate surface area is 169 Å². The normalized spacial score (nSPS) is 11.6. The van der Waals surface area contributed by atoms with E-state index in [1.807, 2.05) is 22.6 Å². The Morgan fingerprint density at radius 1 is 1.22 bits per heavy atom. The minimum Gasteiger partial charge on any atom is -0.488 e. The second-order valence-electron chi connectivity index (χ2n) is 5.46. The topological polar surface area (TPSA) is 61.9 Å². The largest absolute Gasteiger partial charge is 0.488 e. The van der Waals surface area contributed by atoms with Gasteiger partial charge in [0.1, 0.15) is 12.4 Å². The minimum atomic E-state index is -4.59. The van der Waals surface area contributed by atoms with E-state index in [0.717, 1.165) is 27.6 Å². The lowest BCUT2D eigenvalue weighted by Crippen LogP contribution is -2.23. The van der Waals surface area contributed by atoms with Crippen molar-refractivity contribution in [1.82, 2.24) is 19.8 Å². The molecule has 6 nitrogen and oxygen atoms in total. The molecule has 27 heavy (non-hydrogen) atoms. The van der Waals surface area contributed by atoms with Crippen molar-refractivity contribution in [3.05, 3.63) is 66.6 Å². The molecule has 1 aromatic heterocycles. The smallest absolute Gasteiger partial charge is 0.419 e. The van der Waals surface area contributed by atoms with Crippen molar-refractivity contribution < 1.29 is 17.9 Å². The average molecular weight is 511 g/mol. The van der Waals surface area contributed by atoms with Gasteiger partial charge in [0.15, 0.2) is 0 Å². The zero-order valence-corrected chi connectivity index (χ0v) is 16.6. The standard InChI is InChI=1S/C16H11ClF3IN4O2/c1-24-15(26)25(23-22-24)13-4-2-3-12(21)10(13)8-27-14-7-9(17)5-6-11(14)16(18,19)20/h2-7H,8H2,1H3. The minimum absolute atomic E-state index is 0.117. The molecule has 0 spiro atoms. The van der Waals surface area contributed by atoms with Crippen LogP contribution in [0, 0.1) is 3.57 Å². The molecule has 0 saturated heterocycles. The number of alkyl halides is 3. The average Bonchev–Trinajstić information content (AvgIpc) is 2.91. The molecule has 0 aliphatic heterocycles. The Bertz CT molecular complexity index is 1050. The van der Waals surface area contributed by atoms with E-state index in [1.54, 1.807) is 18.2 Å². The van der Waals surface area contributed by atoms with E-state index in [0.29, 0.717) is 14.8 Å². The van der Waals surface area contributed by atoms with Gasteiger partial charge in [-0.25, -0.2) is 4.79 Å². The van der Waals surface area contributed by atoms with Crippen molar-refractivity contribution in [3.8, 4) is 11.4 Å². The molecule has 2 aromatic carbocycles. The highest BCUT2D eigenvalue weighted by molar-refractivity contribution is 14.1. The Hall–Kier alpha value is -2.08. The molecule has 0 fully saturated rings. The van der Waals surface area contributed by atoms with Crippen molar-refractivity contribution in [3.63, 3.8) is 0 Å². The van der Waals surface area contributed by atoms with E-state index in [9.17, 15) is 18.0 Å². The van der Waals surface area contributed by atoms with Crippen LogP contribution in [0.1, 0.15) is 11.1 Å². The molecule has 0 amide bonds. The van der Waals surface area contributed by atoms with Crippen LogP contribution in [-0.2, 0) is 19.8 Å². The van der Waals surface area contributed by atoms with E-state index in [2.05, 4.69) is 10.4 Å². The van der Waals surface area contributed by atoms with Gasteiger partial charge in [-0.15, -0.1) is 0 Å². The van der Waals surface area contributed by atoms with Gasteiger partial charge in [-0.2, -0.15) is 22.5 Å². The first kappa shape index (κ1) is 19.7. The zero-order chi connectivity index (χ0) is 19.8. The highest BCUT2D eigenvalue weighted by Gasteiger charge is 2.34. The quantitative estimate of drug-likeness (QED) is 0.501. The number of benzene rings is 2. The lowest BCUT2D eigenvalue weighted by atomic mass is 10.1. The van der Waals surface area contributed by atoms with E-state index >= 15 is 0 Å². The Kier molecular flexibility index (Phi) is 5.47. The highest BCUT2D eigenvalue weighted by Crippen LogP contribution is 2.38. The molecule has 0 radical (unpaired) electrons. The molecule has 1 heterocycles. The third kappa shape index (κ3) is 4.10. The van der Waals surface area contributed by atoms with E-state index in [4.69, 9.17) is 16.3 Å². The summed E-state index contributed by atoms with van der Waals surface area (Å²) in [5, 5.41) is 7.53. The van der Waals surface area contributed by atoms with E-state index in [1.165, 1.54) is 7.05 Å². The van der Waals surface area contributed by atoms with Crippen LogP contribution >= 0.6 is 34.2 Å². The first-order valence-electron chi connectivity index (χ1n) is 7.45. The second-order valence-corrected chi connectivity index (χ2v) is 7.06. The van der Waals surface area contributed by atoms with Crippen LogP contribution in [0.25, 0.3) is 5.69 Å². The molecule has 0 saturated carbocycles. The molecule has 0 atom stereocenters. The molecule has 0 aliphatic carbocycles. The molecule has 142 valence electrons. The number of halogens is 5. The van der Waals surface area contributed by atoms with Crippen molar-refractivity contribution >= 4 is 34.2 Å². The summed E-state index contributed by atoms with van der Waals surface area (Å²) in [7, 11) is 1.44. The third-order valence-corrected chi connectivity index (χ3v) is 4.91. The van der Waals surface area contributed by atoms with Gasteiger partial charge in [-0.1, -0.05) is 17.7 Å². The van der Waals surface area contributed by atoms with Gasteiger partial charge in [0, 0.05) is 21.2 Å². The van der Waals surface area contributed by atoms with Gasteiger partial charge in [0.05, 0.1) is 11.3 Å². The van der Waals surface area contributed by atoms with Crippen molar-refractivity contribution in [2.24, 2.45) is 7.05 Å². The fraction of sp³-hybridized carbons (Fsp3) is 0.188. The van der Waals surface area contributed by atoms with Gasteiger partial charge in [0.25, 0.3) is 0 Å². The SMILES string of the molecule is Cn1nnn(-c2cccc(I)c2COc2cc(Cl)ccc2C(F)(F)F)c1=O. The van der Waals surface area contributed by atoms with Gasteiger partial charge in [-0.05, 0) is 63.3 Å². The summed E-state index contributed by atoms with van der Waals surface area (Å²) in [5.74, 6) is -0.396. The molecule has 3 rings (SSSR count). The lowest BCUT2D eigenvalue weighted by Gasteiger charge is -2.16. The second kappa shape index (κ2) is 7.50. The number of hydrogen-bond donors (Lipinski definition) is 0. The summed E-state index contributed by atoms with van der Waals surface area (Å²) in [6.45, 7) is -0.221. The summed E-state index contributed by atoms with van der Waals surface area (Å²) < 4.78 is 47.8. The highest BCUT2D eigenvalue weighted by atomic mass is 127. The summed E-state index contributed by atoms with van der Waals surface area (Å²) >= 11 is 7.82. The number of tetrazole rings is 1. The molecule has 11 heteroatoms. The van der Waals surface area contributed by atoms with Gasteiger partial charge in [-0.3, -0.25) is 0 Å². The molecular formula is C16H11ClF3IN4O2. The fourth-order valence-electron chi connectivity index (χ4n) is 2.35. The maximum Gasteiger partial charge on any atom is 0.419 e. The van der Waals surface area contributed by atoms with Crippen molar-refractivity contribution in [1.29, 1.82) is 0 Å². The molecule has 0 N–H and O–H groups in total. The molecule has 0 aliphatic rings. The Morgan fingerprint density at radius 2 is 1.96 bits per heavy atom. The first-order valence-corrected chi connectivity index (χ1v) is 8.90. The van der Waals surface area contributed by atoms with E-state index < -0.39 is 23.2 Å². The van der Waals surface area contributed by atoms with Crippen LogP contribution in [0.5, 0.6) is 5.75 Å². The summed E-state index contributed by atoms with van der Waals surface area (Å²) in [5.41, 5.74) is -0.558. The fourth-order valence-corrected chi connectivity index (χ4v) is 3.15. The summed E-state index contributed by atoms with van der Waals surface area (Å²) in [6, 6.07) is 8.17. The van der Waals surface area contributed by atoms with Crippen LogP contribution in [0.4, 0.5) is 13.2 Å². The van der Waals surface area contributed by atoms with Crippen LogP contribution in [0.3, 0.4) is 0 Å². The Balaban J connectivity index is 2.00.